The Kier molecular flexibility index (Phi) is 6.31. The van der Waals surface area contributed by atoms with Crippen molar-refractivity contribution in [3.8, 4) is 16.8 Å². The van der Waals surface area contributed by atoms with Gasteiger partial charge in [0, 0.05) is 32.0 Å². The smallest absolute Gasteiger partial charge is 0.337 e. The fourth-order valence-corrected chi connectivity index (χ4v) is 5.27. The molecule has 1 unspecified atom stereocenters. The molecule has 4 heterocycles. The molecule has 5 aromatic rings. The second-order valence-electron chi connectivity index (χ2n) is 9.45. The highest BCUT2D eigenvalue weighted by Crippen LogP contribution is 2.27. The number of benzene rings is 2. The maximum atomic E-state index is 13.9. The number of fused-ring (bicyclic) bond motifs is 1. The number of methoxy groups -OCH3 is 1. The van der Waals surface area contributed by atoms with Gasteiger partial charge in [-0.3, -0.25) is 19.0 Å². The van der Waals surface area contributed by atoms with Gasteiger partial charge in [-0.25, -0.2) is 14.6 Å². The number of hydrogen-bond donors (Lipinski definition) is 0. The Morgan fingerprint density at radius 2 is 1.74 bits per heavy atom. The first-order valence-electron chi connectivity index (χ1n) is 12.6. The molecule has 8 heteroatoms. The van der Waals surface area contributed by atoms with E-state index in [1.807, 2.05) is 59.2 Å². The summed E-state index contributed by atoms with van der Waals surface area (Å²) in [6.45, 7) is 2.09. The van der Waals surface area contributed by atoms with Crippen molar-refractivity contribution in [3.05, 3.63) is 113 Å². The van der Waals surface area contributed by atoms with Crippen molar-refractivity contribution in [2.45, 2.75) is 19.0 Å². The van der Waals surface area contributed by atoms with Crippen LogP contribution in [-0.4, -0.2) is 50.2 Å². The largest absolute Gasteiger partial charge is 0.465 e. The number of rotatable bonds is 6. The summed E-state index contributed by atoms with van der Waals surface area (Å²) in [5.41, 5.74) is 5.69. The lowest BCUT2D eigenvalue weighted by atomic mass is 10.1. The zero-order chi connectivity index (χ0) is 26.1. The van der Waals surface area contributed by atoms with E-state index in [2.05, 4.69) is 27.0 Å². The van der Waals surface area contributed by atoms with Gasteiger partial charge in [0.1, 0.15) is 0 Å². The molecule has 1 aliphatic rings. The van der Waals surface area contributed by atoms with Gasteiger partial charge in [0.25, 0.3) is 0 Å². The van der Waals surface area contributed by atoms with Gasteiger partial charge in [0.15, 0.2) is 5.65 Å². The highest BCUT2D eigenvalue weighted by Gasteiger charge is 2.29. The van der Waals surface area contributed by atoms with Crippen LogP contribution in [0.15, 0.2) is 96.1 Å². The van der Waals surface area contributed by atoms with Crippen LogP contribution < -0.4 is 5.69 Å². The number of carbonyl (C=O) groups is 1. The number of likely N-dealkylation sites (tertiary alicyclic amines) is 1. The number of nitrogens with zero attached hydrogens (tertiary/aromatic N) is 5. The lowest BCUT2D eigenvalue weighted by Gasteiger charge is -2.16. The Bertz CT molecular complexity index is 1660. The van der Waals surface area contributed by atoms with Crippen molar-refractivity contribution >= 4 is 17.1 Å². The van der Waals surface area contributed by atoms with Crippen LogP contribution in [0.5, 0.6) is 0 Å². The standard InChI is InChI=1S/C30H27N5O3/c1-38-29(36)23-13-16-31-24(18-23)19-33-17-14-26(20-33)35-28-27(8-5-15-32-28)34(30(35)37)25-11-9-22(10-12-25)21-6-3-2-4-7-21/h2-13,15-16,18,26H,14,17,19-20H2,1H3. The molecule has 0 N–H and O–H groups in total. The van der Waals surface area contributed by atoms with Crippen LogP contribution in [-0.2, 0) is 11.3 Å². The van der Waals surface area contributed by atoms with Crippen LogP contribution in [0.1, 0.15) is 28.5 Å². The number of carbonyl (C=O) groups excluding carboxylic acids is 1. The average molecular weight is 506 g/mol. The number of aromatic nitrogens is 4. The van der Waals surface area contributed by atoms with Crippen LogP contribution in [0.3, 0.4) is 0 Å². The van der Waals surface area contributed by atoms with Crippen LogP contribution in [0, 0.1) is 0 Å². The summed E-state index contributed by atoms with van der Waals surface area (Å²) in [4.78, 5) is 37.0. The van der Waals surface area contributed by atoms with Gasteiger partial charge >= 0.3 is 11.7 Å². The number of ether oxygens (including phenoxy) is 1. The van der Waals surface area contributed by atoms with E-state index in [9.17, 15) is 9.59 Å². The van der Waals surface area contributed by atoms with Crippen LogP contribution in [0.4, 0.5) is 0 Å². The molecular weight excluding hydrogens is 478 g/mol. The summed E-state index contributed by atoms with van der Waals surface area (Å²) >= 11 is 0. The van der Waals surface area contributed by atoms with E-state index in [1.165, 1.54) is 7.11 Å². The summed E-state index contributed by atoms with van der Waals surface area (Å²) in [5.74, 6) is -0.379. The zero-order valence-electron chi connectivity index (χ0n) is 21.0. The molecule has 0 amide bonds. The molecule has 1 atom stereocenters. The summed E-state index contributed by atoms with van der Waals surface area (Å²) < 4.78 is 8.41. The molecule has 3 aromatic heterocycles. The molecule has 0 radical (unpaired) electrons. The van der Waals surface area contributed by atoms with Crippen molar-refractivity contribution in [2.75, 3.05) is 20.2 Å². The van der Waals surface area contributed by atoms with Crippen molar-refractivity contribution in [1.29, 1.82) is 0 Å². The van der Waals surface area contributed by atoms with Crippen LogP contribution in [0.25, 0.3) is 28.0 Å². The van der Waals surface area contributed by atoms with Crippen molar-refractivity contribution < 1.29 is 9.53 Å². The molecule has 0 spiro atoms. The van der Waals surface area contributed by atoms with Gasteiger partial charge in [-0.15, -0.1) is 0 Å². The quantitative estimate of drug-likeness (QED) is 0.317. The maximum Gasteiger partial charge on any atom is 0.337 e. The minimum Gasteiger partial charge on any atom is -0.465 e. The summed E-state index contributed by atoms with van der Waals surface area (Å²) in [6.07, 6.45) is 4.18. The van der Waals surface area contributed by atoms with Gasteiger partial charge in [-0.05, 0) is 53.9 Å². The molecule has 1 fully saturated rings. The molecule has 1 aliphatic heterocycles. The first-order chi connectivity index (χ1) is 18.6. The van der Waals surface area contributed by atoms with Crippen LogP contribution >= 0.6 is 0 Å². The maximum absolute atomic E-state index is 13.9. The Labute approximate surface area is 219 Å². The van der Waals surface area contributed by atoms with E-state index >= 15 is 0 Å². The minimum atomic E-state index is -0.379. The molecule has 1 saturated heterocycles. The molecule has 0 saturated carbocycles. The SMILES string of the molecule is COC(=O)c1ccnc(CN2CCC(n3c(=O)n(-c4ccc(-c5ccccc5)cc4)c4cccnc43)C2)c1. The van der Waals surface area contributed by atoms with Gasteiger partial charge in [0.2, 0.25) is 0 Å². The number of imidazole rings is 1. The van der Waals surface area contributed by atoms with Gasteiger partial charge < -0.3 is 4.74 Å². The highest BCUT2D eigenvalue weighted by molar-refractivity contribution is 5.89. The van der Waals surface area contributed by atoms with Crippen molar-refractivity contribution in [1.82, 2.24) is 24.0 Å². The second kappa shape index (κ2) is 10.1. The summed E-state index contributed by atoms with van der Waals surface area (Å²) in [7, 11) is 1.37. The van der Waals surface area contributed by atoms with E-state index in [1.54, 1.807) is 29.1 Å². The normalized spacial score (nSPS) is 15.7. The average Bonchev–Trinajstić information content (AvgIpc) is 3.54. The third kappa shape index (κ3) is 4.39. The van der Waals surface area contributed by atoms with E-state index in [0.29, 0.717) is 24.3 Å². The highest BCUT2D eigenvalue weighted by atomic mass is 16.5. The molecular formula is C30H27N5O3. The summed E-state index contributed by atoms with van der Waals surface area (Å²) in [6, 6.07) is 25.4. The van der Waals surface area contributed by atoms with Crippen LogP contribution in [0.2, 0.25) is 0 Å². The zero-order valence-corrected chi connectivity index (χ0v) is 21.0. The van der Waals surface area contributed by atoms with Crippen molar-refractivity contribution in [3.63, 3.8) is 0 Å². The fraction of sp³-hybridized carbons (Fsp3) is 0.200. The van der Waals surface area contributed by atoms with E-state index in [4.69, 9.17) is 4.74 Å². The van der Waals surface area contributed by atoms with Crippen molar-refractivity contribution in [2.24, 2.45) is 0 Å². The lowest BCUT2D eigenvalue weighted by Crippen LogP contribution is -2.29. The molecule has 190 valence electrons. The number of hydrogen-bond acceptors (Lipinski definition) is 6. The topological polar surface area (TPSA) is 82.3 Å². The first-order valence-corrected chi connectivity index (χ1v) is 12.6. The van der Waals surface area contributed by atoms with E-state index in [0.717, 1.165) is 41.0 Å². The van der Waals surface area contributed by atoms with Gasteiger partial charge in [-0.2, -0.15) is 0 Å². The Hall–Kier alpha value is -4.56. The minimum absolute atomic E-state index is 0.0199. The second-order valence-corrected chi connectivity index (χ2v) is 9.45. The number of esters is 1. The monoisotopic (exact) mass is 505 g/mol. The van der Waals surface area contributed by atoms with E-state index in [-0.39, 0.29) is 17.7 Å². The lowest BCUT2D eigenvalue weighted by molar-refractivity contribution is 0.0600. The Morgan fingerprint density at radius 3 is 2.53 bits per heavy atom. The summed E-state index contributed by atoms with van der Waals surface area (Å²) in [5, 5.41) is 0. The Balaban J connectivity index is 1.29. The van der Waals surface area contributed by atoms with Gasteiger partial charge in [-0.1, -0.05) is 42.5 Å². The third-order valence-electron chi connectivity index (χ3n) is 7.10. The predicted octanol–water partition coefficient (Wildman–Crippen LogP) is 4.48. The molecule has 2 aromatic carbocycles. The molecule has 8 nitrogen and oxygen atoms in total. The van der Waals surface area contributed by atoms with E-state index < -0.39 is 0 Å². The molecule has 0 bridgehead atoms. The number of pyridine rings is 2. The third-order valence-corrected chi connectivity index (χ3v) is 7.10. The predicted molar refractivity (Wildman–Crippen MR) is 145 cm³/mol. The molecule has 38 heavy (non-hydrogen) atoms. The first kappa shape index (κ1) is 23.8. The fourth-order valence-electron chi connectivity index (χ4n) is 5.27. The van der Waals surface area contributed by atoms with Gasteiger partial charge in [0.05, 0.1) is 35.6 Å². The Morgan fingerprint density at radius 1 is 0.947 bits per heavy atom. The molecule has 6 rings (SSSR count). The molecule has 0 aliphatic carbocycles.